The monoisotopic (exact) mass is 338 g/mol. The number of nitrogens with one attached hydrogen (secondary N) is 2. The van der Waals surface area contributed by atoms with Crippen LogP contribution in [0.25, 0.3) is 10.9 Å². The van der Waals surface area contributed by atoms with E-state index in [2.05, 4.69) is 34.6 Å². The number of amides is 1. The van der Waals surface area contributed by atoms with Gasteiger partial charge in [-0.05, 0) is 60.7 Å². The number of benzene rings is 2. The predicted octanol–water partition coefficient (Wildman–Crippen LogP) is 3.47. The van der Waals surface area contributed by atoms with Crippen molar-refractivity contribution in [3.63, 3.8) is 0 Å². The van der Waals surface area contributed by atoms with E-state index >= 15 is 0 Å². The normalized spacial score (nSPS) is 10.7. The third kappa shape index (κ3) is 3.76. The van der Waals surface area contributed by atoms with Crippen LogP contribution >= 0.6 is 0 Å². The summed E-state index contributed by atoms with van der Waals surface area (Å²) in [7, 11) is 3.12. The second kappa shape index (κ2) is 7.30. The molecular weight excluding hydrogens is 316 g/mol. The summed E-state index contributed by atoms with van der Waals surface area (Å²) in [6, 6.07) is 13.6. The molecule has 2 N–H and O–H groups in total. The Morgan fingerprint density at radius 2 is 1.84 bits per heavy atom. The van der Waals surface area contributed by atoms with Crippen LogP contribution in [0.2, 0.25) is 0 Å². The third-order valence-electron chi connectivity index (χ3n) is 4.16. The first-order valence-corrected chi connectivity index (χ1v) is 8.19. The summed E-state index contributed by atoms with van der Waals surface area (Å²) in [4.78, 5) is 15.6. The molecule has 0 fully saturated rings. The highest BCUT2D eigenvalue weighted by atomic mass is 16.5. The average molecular weight is 338 g/mol. The first-order chi connectivity index (χ1) is 12.1. The van der Waals surface area contributed by atoms with Gasteiger partial charge in [0.1, 0.15) is 0 Å². The molecule has 0 radical (unpaired) electrons. The van der Waals surface area contributed by atoms with E-state index in [0.29, 0.717) is 23.6 Å². The molecule has 0 spiro atoms. The molecule has 1 aromatic heterocycles. The van der Waals surface area contributed by atoms with Gasteiger partial charge in [-0.15, -0.1) is 0 Å². The molecule has 25 heavy (non-hydrogen) atoms. The molecule has 0 bridgehead atoms. The van der Waals surface area contributed by atoms with Crippen molar-refractivity contribution in [3.05, 3.63) is 59.3 Å². The maximum absolute atomic E-state index is 12.3. The van der Waals surface area contributed by atoms with Gasteiger partial charge >= 0.3 is 0 Å². The number of ether oxygens (including phenoxy) is 2. The fraction of sp³-hybridized carbons (Fsp3) is 0.250. The van der Waals surface area contributed by atoms with Crippen LogP contribution in [-0.4, -0.2) is 31.7 Å². The Morgan fingerprint density at radius 3 is 2.60 bits per heavy atom. The molecule has 0 aliphatic carbocycles. The fourth-order valence-corrected chi connectivity index (χ4v) is 2.88. The lowest BCUT2D eigenvalue weighted by Gasteiger charge is -2.10. The number of fused-ring (bicyclic) bond motifs is 1. The number of methoxy groups -OCH3 is 2. The highest BCUT2D eigenvalue weighted by Crippen LogP contribution is 2.27. The van der Waals surface area contributed by atoms with E-state index in [4.69, 9.17) is 9.47 Å². The van der Waals surface area contributed by atoms with E-state index in [-0.39, 0.29) is 5.91 Å². The average Bonchev–Trinajstić information content (AvgIpc) is 3.00. The number of rotatable bonds is 6. The number of aryl methyl sites for hydroxylation is 1. The summed E-state index contributed by atoms with van der Waals surface area (Å²) in [6.07, 6.45) is 0.777. The van der Waals surface area contributed by atoms with E-state index in [1.54, 1.807) is 32.4 Å². The molecule has 5 heteroatoms. The predicted molar refractivity (Wildman–Crippen MR) is 98.6 cm³/mol. The fourth-order valence-electron chi connectivity index (χ4n) is 2.88. The summed E-state index contributed by atoms with van der Waals surface area (Å²) < 4.78 is 10.4. The van der Waals surface area contributed by atoms with E-state index < -0.39 is 0 Å². The zero-order chi connectivity index (χ0) is 17.8. The number of aromatic amines is 1. The minimum Gasteiger partial charge on any atom is -0.493 e. The lowest BCUT2D eigenvalue weighted by Crippen LogP contribution is -2.25. The molecule has 1 amide bonds. The summed E-state index contributed by atoms with van der Waals surface area (Å²) in [5.41, 5.74) is 4.03. The Balaban J connectivity index is 1.61. The highest BCUT2D eigenvalue weighted by molar-refractivity contribution is 5.94. The van der Waals surface area contributed by atoms with Crippen LogP contribution < -0.4 is 14.8 Å². The molecule has 0 saturated heterocycles. The lowest BCUT2D eigenvalue weighted by atomic mass is 10.1. The van der Waals surface area contributed by atoms with Gasteiger partial charge in [-0.3, -0.25) is 4.79 Å². The zero-order valence-electron chi connectivity index (χ0n) is 14.7. The maximum atomic E-state index is 12.3. The number of hydrogen-bond donors (Lipinski definition) is 2. The van der Waals surface area contributed by atoms with Gasteiger partial charge in [0.05, 0.1) is 14.2 Å². The Kier molecular flexibility index (Phi) is 4.93. The molecule has 5 nitrogen and oxygen atoms in total. The number of carbonyl (C=O) groups excluding carboxylic acids is 1. The molecule has 1 heterocycles. The van der Waals surface area contributed by atoms with Crippen molar-refractivity contribution in [1.29, 1.82) is 0 Å². The van der Waals surface area contributed by atoms with Crippen LogP contribution in [0.4, 0.5) is 0 Å². The SMILES string of the molecule is COc1ccc(C(=O)NCCc2ccc3[nH]c(C)cc3c2)cc1OC. The van der Waals surface area contributed by atoms with Gasteiger partial charge in [0.2, 0.25) is 0 Å². The van der Waals surface area contributed by atoms with Gasteiger partial charge in [-0.1, -0.05) is 6.07 Å². The second-order valence-electron chi connectivity index (χ2n) is 5.95. The molecule has 0 aliphatic heterocycles. The van der Waals surface area contributed by atoms with Crippen LogP contribution in [-0.2, 0) is 6.42 Å². The molecule has 0 atom stereocenters. The summed E-state index contributed by atoms with van der Waals surface area (Å²) in [5, 5.41) is 4.14. The van der Waals surface area contributed by atoms with Crippen LogP contribution in [0.3, 0.4) is 0 Å². The van der Waals surface area contributed by atoms with Gasteiger partial charge in [0, 0.05) is 23.3 Å². The quantitative estimate of drug-likeness (QED) is 0.723. The first kappa shape index (κ1) is 16.9. The van der Waals surface area contributed by atoms with Crippen molar-refractivity contribution in [1.82, 2.24) is 10.3 Å². The minimum absolute atomic E-state index is 0.125. The van der Waals surface area contributed by atoms with E-state index in [1.807, 2.05) is 6.92 Å². The van der Waals surface area contributed by atoms with E-state index in [0.717, 1.165) is 17.6 Å². The number of aromatic nitrogens is 1. The van der Waals surface area contributed by atoms with Crippen molar-refractivity contribution >= 4 is 16.8 Å². The molecule has 3 rings (SSSR count). The smallest absolute Gasteiger partial charge is 0.251 e. The van der Waals surface area contributed by atoms with E-state index in [1.165, 1.54) is 10.9 Å². The number of H-pyrrole nitrogens is 1. The topological polar surface area (TPSA) is 63.3 Å². The summed E-state index contributed by atoms with van der Waals surface area (Å²) >= 11 is 0. The van der Waals surface area contributed by atoms with Gasteiger partial charge in [0.25, 0.3) is 5.91 Å². The van der Waals surface area contributed by atoms with Gasteiger partial charge < -0.3 is 19.8 Å². The van der Waals surface area contributed by atoms with Crippen LogP contribution in [0, 0.1) is 6.92 Å². The third-order valence-corrected chi connectivity index (χ3v) is 4.16. The van der Waals surface area contributed by atoms with Crippen molar-refractivity contribution < 1.29 is 14.3 Å². The summed E-state index contributed by atoms with van der Waals surface area (Å²) in [6.45, 7) is 2.62. The maximum Gasteiger partial charge on any atom is 0.251 e. The van der Waals surface area contributed by atoms with Crippen molar-refractivity contribution in [2.24, 2.45) is 0 Å². The highest BCUT2D eigenvalue weighted by Gasteiger charge is 2.10. The van der Waals surface area contributed by atoms with Crippen LogP contribution in [0.5, 0.6) is 11.5 Å². The second-order valence-corrected chi connectivity index (χ2v) is 5.95. The molecule has 130 valence electrons. The lowest BCUT2D eigenvalue weighted by molar-refractivity contribution is 0.0953. The largest absolute Gasteiger partial charge is 0.493 e. The number of carbonyl (C=O) groups is 1. The molecule has 0 saturated carbocycles. The summed E-state index contributed by atoms with van der Waals surface area (Å²) in [5.74, 6) is 1.03. The molecular formula is C20H22N2O3. The van der Waals surface area contributed by atoms with Gasteiger partial charge in [-0.2, -0.15) is 0 Å². The van der Waals surface area contributed by atoms with Gasteiger partial charge in [0.15, 0.2) is 11.5 Å². The number of hydrogen-bond acceptors (Lipinski definition) is 3. The molecule has 2 aromatic carbocycles. The molecule has 0 unspecified atom stereocenters. The molecule has 0 aliphatic rings. The zero-order valence-corrected chi connectivity index (χ0v) is 14.7. The molecule has 3 aromatic rings. The minimum atomic E-state index is -0.125. The Hall–Kier alpha value is -2.95. The van der Waals surface area contributed by atoms with Crippen molar-refractivity contribution in [3.8, 4) is 11.5 Å². The Labute approximate surface area is 147 Å². The van der Waals surface area contributed by atoms with Crippen molar-refractivity contribution in [2.75, 3.05) is 20.8 Å². The van der Waals surface area contributed by atoms with Crippen LogP contribution in [0.1, 0.15) is 21.6 Å². The van der Waals surface area contributed by atoms with E-state index in [9.17, 15) is 4.79 Å². The van der Waals surface area contributed by atoms with Crippen LogP contribution in [0.15, 0.2) is 42.5 Å². The standard InChI is InChI=1S/C20H22N2O3/c1-13-10-16-11-14(4-6-17(16)22-13)8-9-21-20(23)15-5-7-18(24-2)19(12-15)25-3/h4-7,10-12,22H,8-9H2,1-3H3,(H,21,23). The Morgan fingerprint density at radius 1 is 1.04 bits per heavy atom. The van der Waals surface area contributed by atoms with Gasteiger partial charge in [-0.25, -0.2) is 0 Å². The first-order valence-electron chi connectivity index (χ1n) is 8.19. The Bertz CT molecular complexity index is 899. The van der Waals surface area contributed by atoms with Crippen molar-refractivity contribution in [2.45, 2.75) is 13.3 Å².